The van der Waals surface area contributed by atoms with Gasteiger partial charge in [0.15, 0.2) is 0 Å². The van der Waals surface area contributed by atoms with Gasteiger partial charge in [-0.05, 0) is 30.7 Å². The first kappa shape index (κ1) is 13.9. The third-order valence-electron chi connectivity index (χ3n) is 2.87. The number of para-hydroxylation sites is 1. The average Bonchev–Trinajstić information content (AvgIpc) is 2.84. The van der Waals surface area contributed by atoms with Crippen molar-refractivity contribution >= 4 is 34.5 Å². The predicted octanol–water partition coefficient (Wildman–Crippen LogP) is 3.65. The number of benzene rings is 1. The Morgan fingerprint density at radius 3 is 2.63 bits per heavy atom. The summed E-state index contributed by atoms with van der Waals surface area (Å²) in [4.78, 5) is 14.8. The molecule has 0 spiro atoms. The van der Waals surface area contributed by atoms with E-state index in [0.29, 0.717) is 28.0 Å². The third-order valence-corrected chi connectivity index (χ3v) is 4.09. The molecule has 2 rings (SSSR count). The van der Waals surface area contributed by atoms with Crippen molar-refractivity contribution in [1.29, 1.82) is 0 Å². The van der Waals surface area contributed by atoms with Crippen molar-refractivity contribution in [3.8, 4) is 0 Å². The molecule has 0 bridgehead atoms. The highest BCUT2D eigenvalue weighted by Crippen LogP contribution is 2.24. The normalized spacial score (nSPS) is 10.4. The first-order valence-electron chi connectivity index (χ1n) is 5.99. The second-order valence-corrected chi connectivity index (χ2v) is 5.84. The number of carbonyl (C=O) groups is 1. The van der Waals surface area contributed by atoms with E-state index >= 15 is 0 Å². The van der Waals surface area contributed by atoms with Gasteiger partial charge in [-0.1, -0.05) is 29.8 Å². The maximum absolute atomic E-state index is 12.3. The molecule has 1 aromatic carbocycles. The predicted molar refractivity (Wildman–Crippen MR) is 80.6 cm³/mol. The zero-order valence-corrected chi connectivity index (χ0v) is 12.2. The minimum Gasteiger partial charge on any atom is -0.398 e. The highest BCUT2D eigenvalue weighted by atomic mass is 35.5. The molecule has 0 aliphatic heterocycles. The quantitative estimate of drug-likeness (QED) is 0.875. The maximum Gasteiger partial charge on any atom is 0.264 e. The molecule has 100 valence electrons. The summed E-state index contributed by atoms with van der Waals surface area (Å²) >= 11 is 7.16. The van der Waals surface area contributed by atoms with Gasteiger partial charge in [-0.25, -0.2) is 0 Å². The van der Waals surface area contributed by atoms with Crippen molar-refractivity contribution in [2.45, 2.75) is 13.5 Å². The lowest BCUT2D eigenvalue weighted by Crippen LogP contribution is -2.30. The largest absolute Gasteiger partial charge is 0.398 e. The van der Waals surface area contributed by atoms with Gasteiger partial charge >= 0.3 is 0 Å². The molecule has 0 fully saturated rings. The van der Waals surface area contributed by atoms with Gasteiger partial charge in [-0.15, -0.1) is 11.3 Å². The number of hydrogen-bond donors (Lipinski definition) is 1. The molecule has 2 aromatic rings. The summed E-state index contributed by atoms with van der Waals surface area (Å²) in [5.41, 5.74) is 7.58. The molecule has 1 aromatic heterocycles. The van der Waals surface area contributed by atoms with Crippen molar-refractivity contribution < 1.29 is 4.79 Å². The van der Waals surface area contributed by atoms with Crippen LogP contribution >= 0.6 is 22.9 Å². The molecule has 5 heteroatoms. The van der Waals surface area contributed by atoms with E-state index in [1.54, 1.807) is 17.0 Å². The van der Waals surface area contributed by atoms with Crippen LogP contribution in [0.4, 0.5) is 5.69 Å². The van der Waals surface area contributed by atoms with Crippen molar-refractivity contribution in [3.05, 3.63) is 51.2 Å². The van der Waals surface area contributed by atoms with Gasteiger partial charge in [0.05, 0.1) is 9.21 Å². The van der Waals surface area contributed by atoms with Crippen LogP contribution in [-0.2, 0) is 6.54 Å². The number of nitrogens with zero attached hydrogens (tertiary/aromatic N) is 1. The highest BCUT2D eigenvalue weighted by Gasteiger charge is 2.17. The third kappa shape index (κ3) is 3.28. The van der Waals surface area contributed by atoms with Gasteiger partial charge < -0.3 is 10.6 Å². The SMILES string of the molecule is CCN(Cc1ccccc1N)C(=O)c1ccc(Cl)s1. The standard InChI is InChI=1S/C14H15ClN2OS/c1-2-17(9-10-5-3-4-6-11(10)16)14(18)12-7-8-13(15)19-12/h3-8H,2,9,16H2,1H3. The molecule has 0 aliphatic carbocycles. The summed E-state index contributed by atoms with van der Waals surface area (Å²) in [6, 6.07) is 11.1. The van der Waals surface area contributed by atoms with E-state index in [0.717, 1.165) is 5.56 Å². The first-order chi connectivity index (χ1) is 9.11. The Morgan fingerprint density at radius 2 is 2.05 bits per heavy atom. The molecule has 0 atom stereocenters. The van der Waals surface area contributed by atoms with Crippen LogP contribution < -0.4 is 5.73 Å². The number of rotatable bonds is 4. The fourth-order valence-corrected chi connectivity index (χ4v) is 2.81. The maximum atomic E-state index is 12.3. The minimum absolute atomic E-state index is 0.0114. The monoisotopic (exact) mass is 294 g/mol. The molecular weight excluding hydrogens is 280 g/mol. The summed E-state index contributed by atoms with van der Waals surface area (Å²) in [6.07, 6.45) is 0. The number of carbonyl (C=O) groups excluding carboxylic acids is 1. The van der Waals surface area contributed by atoms with E-state index in [9.17, 15) is 4.79 Å². The topological polar surface area (TPSA) is 46.3 Å². The first-order valence-corrected chi connectivity index (χ1v) is 7.19. The fraction of sp³-hybridized carbons (Fsp3) is 0.214. The van der Waals surface area contributed by atoms with Gasteiger partial charge in [0.2, 0.25) is 0 Å². The molecule has 1 heterocycles. The number of nitrogens with two attached hydrogens (primary N) is 1. The number of nitrogen functional groups attached to an aromatic ring is 1. The average molecular weight is 295 g/mol. The Morgan fingerprint density at radius 1 is 1.32 bits per heavy atom. The van der Waals surface area contributed by atoms with Crippen molar-refractivity contribution in [3.63, 3.8) is 0 Å². The molecule has 0 unspecified atom stereocenters. The molecule has 1 amide bonds. The number of hydrogen-bond acceptors (Lipinski definition) is 3. The Balaban J connectivity index is 2.17. The summed E-state index contributed by atoms with van der Waals surface area (Å²) < 4.78 is 0.624. The molecule has 3 nitrogen and oxygen atoms in total. The zero-order valence-electron chi connectivity index (χ0n) is 10.6. The number of anilines is 1. The van der Waals surface area contributed by atoms with Crippen LogP contribution in [0.1, 0.15) is 22.2 Å². The van der Waals surface area contributed by atoms with Crippen LogP contribution in [0.2, 0.25) is 4.34 Å². The lowest BCUT2D eigenvalue weighted by Gasteiger charge is -2.21. The molecule has 19 heavy (non-hydrogen) atoms. The van der Waals surface area contributed by atoms with Crippen molar-refractivity contribution in [2.75, 3.05) is 12.3 Å². The number of amides is 1. The Labute approximate surface area is 121 Å². The van der Waals surface area contributed by atoms with E-state index < -0.39 is 0 Å². The molecule has 0 aliphatic rings. The summed E-state index contributed by atoms with van der Waals surface area (Å²) in [7, 11) is 0. The lowest BCUT2D eigenvalue weighted by molar-refractivity contribution is 0.0758. The molecule has 2 N–H and O–H groups in total. The summed E-state index contributed by atoms with van der Waals surface area (Å²) in [5.74, 6) is -0.0114. The van der Waals surface area contributed by atoms with Gasteiger partial charge in [0, 0.05) is 18.8 Å². The molecule has 0 saturated carbocycles. The van der Waals surface area contributed by atoms with E-state index in [1.165, 1.54) is 11.3 Å². The van der Waals surface area contributed by atoms with Crippen LogP contribution in [-0.4, -0.2) is 17.4 Å². The van der Waals surface area contributed by atoms with Gasteiger partial charge in [0.1, 0.15) is 0 Å². The number of halogens is 1. The van der Waals surface area contributed by atoms with Gasteiger partial charge in [0.25, 0.3) is 5.91 Å². The Bertz CT molecular complexity index is 582. The van der Waals surface area contributed by atoms with Crippen molar-refractivity contribution in [1.82, 2.24) is 4.90 Å². The molecular formula is C14H15ClN2OS. The van der Waals surface area contributed by atoms with E-state index in [4.69, 9.17) is 17.3 Å². The smallest absolute Gasteiger partial charge is 0.264 e. The van der Waals surface area contributed by atoms with Crippen LogP contribution in [0.5, 0.6) is 0 Å². The van der Waals surface area contributed by atoms with E-state index in [-0.39, 0.29) is 5.91 Å². The lowest BCUT2D eigenvalue weighted by atomic mass is 10.1. The van der Waals surface area contributed by atoms with Gasteiger partial charge in [-0.2, -0.15) is 0 Å². The molecule has 0 saturated heterocycles. The van der Waals surface area contributed by atoms with E-state index in [1.807, 2.05) is 31.2 Å². The second-order valence-electron chi connectivity index (χ2n) is 4.12. The summed E-state index contributed by atoms with van der Waals surface area (Å²) in [5, 5.41) is 0. The van der Waals surface area contributed by atoms with Crippen LogP contribution in [0.25, 0.3) is 0 Å². The summed E-state index contributed by atoms with van der Waals surface area (Å²) in [6.45, 7) is 3.09. The Kier molecular flexibility index (Phi) is 4.45. The van der Waals surface area contributed by atoms with Crippen molar-refractivity contribution in [2.24, 2.45) is 0 Å². The van der Waals surface area contributed by atoms with E-state index in [2.05, 4.69) is 0 Å². The fourth-order valence-electron chi connectivity index (χ4n) is 1.80. The highest BCUT2D eigenvalue weighted by molar-refractivity contribution is 7.17. The zero-order chi connectivity index (χ0) is 13.8. The minimum atomic E-state index is -0.0114. The Hall–Kier alpha value is -1.52. The van der Waals surface area contributed by atoms with Gasteiger partial charge in [-0.3, -0.25) is 4.79 Å². The molecule has 0 radical (unpaired) electrons. The van der Waals surface area contributed by atoms with Crippen LogP contribution in [0.3, 0.4) is 0 Å². The number of thiophene rings is 1. The van der Waals surface area contributed by atoms with Crippen LogP contribution in [0.15, 0.2) is 36.4 Å². The van der Waals surface area contributed by atoms with Crippen LogP contribution in [0, 0.1) is 0 Å². The second kappa shape index (κ2) is 6.08.